The minimum absolute atomic E-state index is 0. The third-order valence-electron chi connectivity index (χ3n) is 1.98. The minimum atomic E-state index is -0.528. The van der Waals surface area contributed by atoms with Crippen LogP contribution >= 0.6 is 12.4 Å². The molecule has 1 rings (SSSR count). The highest BCUT2D eigenvalue weighted by molar-refractivity contribution is 6.03. The van der Waals surface area contributed by atoms with E-state index in [1.54, 1.807) is 13.0 Å². The van der Waals surface area contributed by atoms with Gasteiger partial charge in [-0.05, 0) is 13.0 Å². The van der Waals surface area contributed by atoms with Crippen LogP contribution in [-0.4, -0.2) is 23.3 Å². The molecule has 0 fully saturated rings. The summed E-state index contributed by atoms with van der Waals surface area (Å²) in [5.41, 5.74) is 0.308. The molecular weight excluding hydrogens is 274 g/mol. The van der Waals surface area contributed by atoms with Gasteiger partial charge in [0.15, 0.2) is 0 Å². The van der Waals surface area contributed by atoms with E-state index in [1.807, 2.05) is 0 Å². The van der Waals surface area contributed by atoms with Crippen LogP contribution in [0.1, 0.15) is 13.3 Å². The molecular formula is C11H14ClN3O4. The van der Waals surface area contributed by atoms with Crippen molar-refractivity contribution in [3.05, 3.63) is 34.4 Å². The van der Waals surface area contributed by atoms with Crippen LogP contribution < -0.4 is 5.32 Å². The van der Waals surface area contributed by atoms with E-state index in [2.05, 4.69) is 10.1 Å². The standard InChI is InChI=1S/C11H13N3O4.ClH/c1-2-18-11(15)7-10(12)13-8-4-3-5-9(6-8)14(16)17;/h3-6H,2,7H2,1H3,(H2,12,13);1H. The van der Waals surface area contributed by atoms with Crippen molar-refractivity contribution in [3.63, 3.8) is 0 Å². The quantitative estimate of drug-likeness (QED) is 0.284. The van der Waals surface area contributed by atoms with Gasteiger partial charge in [0.1, 0.15) is 12.3 Å². The number of rotatable bonds is 5. The van der Waals surface area contributed by atoms with E-state index >= 15 is 0 Å². The zero-order valence-electron chi connectivity index (χ0n) is 10.2. The fourth-order valence-electron chi connectivity index (χ4n) is 1.27. The Labute approximate surface area is 116 Å². The number of hydrogen-bond donors (Lipinski definition) is 2. The van der Waals surface area contributed by atoms with Crippen LogP contribution in [0.2, 0.25) is 0 Å². The Morgan fingerprint density at radius 1 is 1.53 bits per heavy atom. The van der Waals surface area contributed by atoms with Crippen LogP contribution in [0.4, 0.5) is 11.4 Å². The summed E-state index contributed by atoms with van der Waals surface area (Å²) in [6.45, 7) is 1.93. The van der Waals surface area contributed by atoms with Gasteiger partial charge in [-0.2, -0.15) is 0 Å². The number of anilines is 1. The van der Waals surface area contributed by atoms with E-state index in [0.717, 1.165) is 0 Å². The number of nitrogens with zero attached hydrogens (tertiary/aromatic N) is 1. The fourth-order valence-corrected chi connectivity index (χ4v) is 1.27. The molecule has 0 bridgehead atoms. The molecule has 0 unspecified atom stereocenters. The van der Waals surface area contributed by atoms with Crippen molar-refractivity contribution in [2.45, 2.75) is 13.3 Å². The molecule has 0 aliphatic carbocycles. The normalized spacial score (nSPS) is 9.11. The van der Waals surface area contributed by atoms with Crippen molar-refractivity contribution >= 4 is 35.6 Å². The molecule has 19 heavy (non-hydrogen) atoms. The number of non-ortho nitro benzene ring substituents is 1. The fraction of sp³-hybridized carbons (Fsp3) is 0.273. The molecule has 0 heterocycles. The summed E-state index contributed by atoms with van der Waals surface area (Å²) in [7, 11) is 0. The van der Waals surface area contributed by atoms with E-state index in [9.17, 15) is 14.9 Å². The van der Waals surface area contributed by atoms with Crippen molar-refractivity contribution in [1.29, 1.82) is 5.41 Å². The molecule has 1 aromatic rings. The molecule has 0 spiro atoms. The lowest BCUT2D eigenvalue weighted by molar-refractivity contribution is -0.384. The zero-order chi connectivity index (χ0) is 13.5. The first-order valence-corrected chi connectivity index (χ1v) is 5.27. The van der Waals surface area contributed by atoms with Gasteiger partial charge in [-0.15, -0.1) is 12.4 Å². The summed E-state index contributed by atoms with van der Waals surface area (Å²) in [6, 6.07) is 5.71. The number of esters is 1. The molecule has 0 saturated carbocycles. The maximum absolute atomic E-state index is 11.1. The lowest BCUT2D eigenvalue weighted by atomic mass is 10.2. The summed E-state index contributed by atoms with van der Waals surface area (Å²) in [4.78, 5) is 21.1. The number of carbonyl (C=O) groups is 1. The van der Waals surface area contributed by atoms with Crippen LogP contribution in [0.25, 0.3) is 0 Å². The summed E-state index contributed by atoms with van der Waals surface area (Å²) in [6.07, 6.45) is -0.198. The van der Waals surface area contributed by atoms with E-state index < -0.39 is 10.9 Å². The van der Waals surface area contributed by atoms with Gasteiger partial charge >= 0.3 is 5.97 Å². The molecule has 0 amide bonds. The van der Waals surface area contributed by atoms with Gasteiger partial charge < -0.3 is 10.1 Å². The zero-order valence-corrected chi connectivity index (χ0v) is 11.0. The molecule has 2 N–H and O–H groups in total. The summed E-state index contributed by atoms with van der Waals surface area (Å²) in [5.74, 6) is -0.589. The number of benzene rings is 1. The number of nitro benzene ring substituents is 1. The van der Waals surface area contributed by atoms with Crippen molar-refractivity contribution in [2.75, 3.05) is 11.9 Å². The first-order chi connectivity index (χ1) is 8.52. The highest BCUT2D eigenvalue weighted by Gasteiger charge is 2.09. The van der Waals surface area contributed by atoms with Crippen LogP contribution in [0.15, 0.2) is 24.3 Å². The predicted molar refractivity (Wildman–Crippen MR) is 72.9 cm³/mol. The maximum atomic E-state index is 11.1. The molecule has 0 atom stereocenters. The number of hydrogen-bond acceptors (Lipinski definition) is 5. The maximum Gasteiger partial charge on any atom is 0.313 e. The van der Waals surface area contributed by atoms with Gasteiger partial charge in [0.05, 0.1) is 11.5 Å². The monoisotopic (exact) mass is 287 g/mol. The van der Waals surface area contributed by atoms with Crippen LogP contribution in [0, 0.1) is 15.5 Å². The summed E-state index contributed by atoms with van der Waals surface area (Å²) < 4.78 is 4.68. The number of nitro groups is 1. The van der Waals surface area contributed by atoms with Crippen LogP contribution in [0.3, 0.4) is 0 Å². The highest BCUT2D eigenvalue weighted by Crippen LogP contribution is 2.17. The number of nitrogens with one attached hydrogen (secondary N) is 2. The van der Waals surface area contributed by atoms with Gasteiger partial charge in [-0.25, -0.2) is 0 Å². The van der Waals surface area contributed by atoms with Gasteiger partial charge in [-0.3, -0.25) is 20.3 Å². The average molecular weight is 288 g/mol. The molecule has 0 radical (unpaired) electrons. The Hall–Kier alpha value is -2.15. The molecule has 0 aliphatic rings. The van der Waals surface area contributed by atoms with Gasteiger partial charge in [0, 0.05) is 17.8 Å². The molecule has 0 aliphatic heterocycles. The van der Waals surface area contributed by atoms with Crippen LogP contribution in [0.5, 0.6) is 0 Å². The Morgan fingerprint density at radius 3 is 2.79 bits per heavy atom. The summed E-state index contributed by atoms with van der Waals surface area (Å²) >= 11 is 0. The Morgan fingerprint density at radius 2 is 2.21 bits per heavy atom. The predicted octanol–water partition coefficient (Wildman–Crippen LogP) is 2.36. The Bertz CT molecular complexity index is 479. The first-order valence-electron chi connectivity index (χ1n) is 5.27. The smallest absolute Gasteiger partial charge is 0.313 e. The molecule has 0 saturated heterocycles. The number of halogens is 1. The summed E-state index contributed by atoms with van der Waals surface area (Å²) in [5, 5.41) is 20.7. The molecule has 1 aromatic carbocycles. The van der Waals surface area contributed by atoms with E-state index in [1.165, 1.54) is 18.2 Å². The average Bonchev–Trinajstić information content (AvgIpc) is 2.29. The Kier molecular flexibility index (Phi) is 7.13. The third-order valence-corrected chi connectivity index (χ3v) is 1.98. The second kappa shape index (κ2) is 8.04. The Balaban J connectivity index is 0.00000324. The number of ether oxygens (including phenoxy) is 1. The van der Waals surface area contributed by atoms with Crippen molar-refractivity contribution in [2.24, 2.45) is 0 Å². The van der Waals surface area contributed by atoms with Gasteiger partial charge in [0.2, 0.25) is 0 Å². The van der Waals surface area contributed by atoms with Crippen molar-refractivity contribution < 1.29 is 14.5 Å². The van der Waals surface area contributed by atoms with Crippen LogP contribution in [-0.2, 0) is 9.53 Å². The third kappa shape index (κ3) is 5.82. The van der Waals surface area contributed by atoms with Crippen molar-refractivity contribution in [3.8, 4) is 0 Å². The lowest BCUT2D eigenvalue weighted by Crippen LogP contribution is -2.17. The second-order valence-electron chi connectivity index (χ2n) is 3.39. The number of amidine groups is 1. The highest BCUT2D eigenvalue weighted by atomic mass is 35.5. The largest absolute Gasteiger partial charge is 0.466 e. The molecule has 8 heteroatoms. The van der Waals surface area contributed by atoms with Gasteiger partial charge in [-0.1, -0.05) is 6.07 Å². The minimum Gasteiger partial charge on any atom is -0.466 e. The molecule has 7 nitrogen and oxygen atoms in total. The van der Waals surface area contributed by atoms with E-state index in [0.29, 0.717) is 5.69 Å². The van der Waals surface area contributed by atoms with Crippen molar-refractivity contribution in [1.82, 2.24) is 0 Å². The lowest BCUT2D eigenvalue weighted by Gasteiger charge is -2.07. The first kappa shape index (κ1) is 16.9. The molecule has 0 aromatic heterocycles. The van der Waals surface area contributed by atoms with Gasteiger partial charge in [0.25, 0.3) is 5.69 Å². The second-order valence-corrected chi connectivity index (χ2v) is 3.39. The van der Waals surface area contributed by atoms with E-state index in [4.69, 9.17) is 5.41 Å². The van der Waals surface area contributed by atoms with E-state index in [-0.39, 0.29) is 37.0 Å². The number of carbonyl (C=O) groups excluding carboxylic acids is 1. The SMILES string of the molecule is CCOC(=O)CC(=N)Nc1cccc([N+](=O)[O-])c1.Cl. The molecule has 104 valence electrons. The topological polar surface area (TPSA) is 105 Å².